The molecular formula is C11H12N6O2. The number of hydrogen-bond donors (Lipinski definition) is 3. The monoisotopic (exact) mass is 260 g/mol. The lowest BCUT2D eigenvalue weighted by Crippen LogP contribution is -2.37. The summed E-state index contributed by atoms with van der Waals surface area (Å²) < 4.78 is 4.74. The van der Waals surface area contributed by atoms with E-state index < -0.39 is 0 Å². The number of aryl methyl sites for hydroxylation is 1. The zero-order chi connectivity index (χ0) is 13.4. The molecule has 0 bridgehead atoms. The van der Waals surface area contributed by atoms with Crippen molar-refractivity contribution in [3.05, 3.63) is 18.2 Å². The third-order valence-electron chi connectivity index (χ3n) is 2.70. The first-order valence-corrected chi connectivity index (χ1v) is 5.77. The molecule has 0 radical (unpaired) electrons. The number of aromatic nitrogens is 3. The molecule has 8 nitrogen and oxygen atoms in total. The Morgan fingerprint density at radius 2 is 2.26 bits per heavy atom. The predicted molar refractivity (Wildman–Crippen MR) is 68.3 cm³/mol. The number of nitrogens with zero attached hydrogens (tertiary/aromatic N) is 3. The fraction of sp³-hybridized carbons (Fsp3) is 0.273. The van der Waals surface area contributed by atoms with E-state index in [-0.39, 0.29) is 11.9 Å². The van der Waals surface area contributed by atoms with Gasteiger partial charge in [-0.1, -0.05) is 5.16 Å². The Morgan fingerprint density at radius 3 is 3.00 bits per heavy atom. The van der Waals surface area contributed by atoms with Gasteiger partial charge < -0.3 is 20.5 Å². The zero-order valence-electron chi connectivity index (χ0n) is 10.4. The highest BCUT2D eigenvalue weighted by Gasteiger charge is 2.26. The summed E-state index contributed by atoms with van der Waals surface area (Å²) in [6.45, 7) is 3.54. The summed E-state index contributed by atoms with van der Waals surface area (Å²) in [4.78, 5) is 20.2. The number of rotatable bonds is 2. The quantitative estimate of drug-likeness (QED) is 0.746. The molecule has 0 spiro atoms. The second kappa shape index (κ2) is 4.23. The molecule has 2 aromatic rings. The van der Waals surface area contributed by atoms with Gasteiger partial charge in [-0.3, -0.25) is 4.79 Å². The summed E-state index contributed by atoms with van der Waals surface area (Å²) in [7, 11) is 0. The second-order valence-corrected chi connectivity index (χ2v) is 4.21. The highest BCUT2D eigenvalue weighted by Crippen LogP contribution is 2.32. The van der Waals surface area contributed by atoms with Crippen LogP contribution in [0.2, 0.25) is 0 Å². The van der Waals surface area contributed by atoms with Gasteiger partial charge in [0, 0.05) is 6.07 Å². The molecule has 0 fully saturated rings. The first kappa shape index (κ1) is 11.5. The van der Waals surface area contributed by atoms with Crippen molar-refractivity contribution in [2.24, 2.45) is 0 Å². The van der Waals surface area contributed by atoms with Crippen molar-refractivity contribution in [1.82, 2.24) is 15.1 Å². The third kappa shape index (κ3) is 2.07. The minimum atomic E-state index is -0.332. The van der Waals surface area contributed by atoms with Gasteiger partial charge in [-0.15, -0.1) is 0 Å². The van der Waals surface area contributed by atoms with E-state index in [4.69, 9.17) is 4.52 Å². The number of anilines is 4. The molecule has 1 amide bonds. The molecule has 1 aliphatic heterocycles. The van der Waals surface area contributed by atoms with E-state index in [0.29, 0.717) is 29.0 Å². The first-order chi connectivity index (χ1) is 9.13. The van der Waals surface area contributed by atoms with Crippen molar-refractivity contribution >= 4 is 29.0 Å². The molecule has 3 rings (SSSR count). The normalized spacial score (nSPS) is 17.4. The largest absolute Gasteiger partial charge is 0.363 e. The number of nitrogens with one attached hydrogen (secondary N) is 3. The fourth-order valence-corrected chi connectivity index (χ4v) is 1.79. The van der Waals surface area contributed by atoms with Gasteiger partial charge in [-0.2, -0.15) is 0 Å². The Balaban J connectivity index is 2.02. The van der Waals surface area contributed by atoms with Gasteiger partial charge in [-0.25, -0.2) is 9.97 Å². The van der Waals surface area contributed by atoms with E-state index in [0.717, 1.165) is 0 Å². The van der Waals surface area contributed by atoms with Crippen molar-refractivity contribution in [2.45, 2.75) is 19.9 Å². The van der Waals surface area contributed by atoms with Crippen LogP contribution in [0, 0.1) is 6.92 Å². The number of carbonyl (C=O) groups excluding carboxylic acids is 1. The lowest BCUT2D eigenvalue weighted by molar-refractivity contribution is -0.116. The van der Waals surface area contributed by atoms with Gasteiger partial charge in [0.2, 0.25) is 5.91 Å². The molecule has 0 aliphatic carbocycles. The molecule has 8 heteroatoms. The van der Waals surface area contributed by atoms with Gasteiger partial charge in [0.15, 0.2) is 17.5 Å². The third-order valence-corrected chi connectivity index (χ3v) is 2.70. The van der Waals surface area contributed by atoms with Crippen LogP contribution in [-0.4, -0.2) is 27.1 Å². The van der Waals surface area contributed by atoms with Crippen LogP contribution in [0.5, 0.6) is 0 Å². The zero-order valence-corrected chi connectivity index (χ0v) is 10.4. The Labute approximate surface area is 108 Å². The molecule has 19 heavy (non-hydrogen) atoms. The first-order valence-electron chi connectivity index (χ1n) is 5.77. The Morgan fingerprint density at radius 1 is 1.42 bits per heavy atom. The van der Waals surface area contributed by atoms with Gasteiger partial charge >= 0.3 is 0 Å². The SMILES string of the molecule is Cc1nc(Nc2ccon2)c2c(n1)NC(C)C(=O)N2. The van der Waals surface area contributed by atoms with Crippen LogP contribution in [0.1, 0.15) is 12.7 Å². The van der Waals surface area contributed by atoms with E-state index in [2.05, 4.69) is 31.1 Å². The average Bonchev–Trinajstić information content (AvgIpc) is 2.84. The summed E-state index contributed by atoms with van der Waals surface area (Å²) in [5, 5.41) is 12.5. The van der Waals surface area contributed by atoms with Crippen LogP contribution in [0.3, 0.4) is 0 Å². The fourth-order valence-electron chi connectivity index (χ4n) is 1.79. The van der Waals surface area contributed by atoms with Crippen LogP contribution in [0.25, 0.3) is 0 Å². The van der Waals surface area contributed by atoms with Crippen LogP contribution in [0.4, 0.5) is 23.1 Å². The summed E-state index contributed by atoms with van der Waals surface area (Å²) in [6.07, 6.45) is 1.45. The summed E-state index contributed by atoms with van der Waals surface area (Å²) in [6, 6.07) is 1.33. The molecule has 1 atom stereocenters. The summed E-state index contributed by atoms with van der Waals surface area (Å²) in [5.74, 6) is 2.02. The molecule has 0 saturated carbocycles. The molecule has 0 saturated heterocycles. The predicted octanol–water partition coefficient (Wildman–Crippen LogP) is 1.27. The Kier molecular flexibility index (Phi) is 2.55. The van der Waals surface area contributed by atoms with Crippen molar-refractivity contribution in [3.63, 3.8) is 0 Å². The number of carbonyl (C=O) groups is 1. The number of hydrogen-bond acceptors (Lipinski definition) is 7. The smallest absolute Gasteiger partial charge is 0.246 e. The van der Waals surface area contributed by atoms with E-state index in [9.17, 15) is 4.79 Å². The van der Waals surface area contributed by atoms with Crippen LogP contribution in [-0.2, 0) is 4.79 Å². The van der Waals surface area contributed by atoms with Crippen LogP contribution in [0.15, 0.2) is 16.9 Å². The number of amides is 1. The average molecular weight is 260 g/mol. The van der Waals surface area contributed by atoms with Gasteiger partial charge in [0.05, 0.1) is 0 Å². The Hall–Kier alpha value is -2.64. The van der Waals surface area contributed by atoms with E-state index in [1.54, 1.807) is 19.9 Å². The van der Waals surface area contributed by atoms with E-state index >= 15 is 0 Å². The summed E-state index contributed by atoms with van der Waals surface area (Å²) in [5.41, 5.74) is 0.511. The second-order valence-electron chi connectivity index (χ2n) is 4.21. The lowest BCUT2D eigenvalue weighted by Gasteiger charge is -2.24. The van der Waals surface area contributed by atoms with Crippen molar-refractivity contribution < 1.29 is 9.32 Å². The maximum Gasteiger partial charge on any atom is 0.246 e. The van der Waals surface area contributed by atoms with Crippen LogP contribution < -0.4 is 16.0 Å². The molecular weight excluding hydrogens is 248 g/mol. The summed E-state index contributed by atoms with van der Waals surface area (Å²) >= 11 is 0. The maximum absolute atomic E-state index is 11.7. The molecule has 2 aromatic heterocycles. The van der Waals surface area contributed by atoms with Gasteiger partial charge in [0.25, 0.3) is 0 Å². The van der Waals surface area contributed by atoms with Crippen molar-refractivity contribution in [2.75, 3.05) is 16.0 Å². The molecule has 3 N–H and O–H groups in total. The van der Waals surface area contributed by atoms with Crippen LogP contribution >= 0.6 is 0 Å². The maximum atomic E-state index is 11.7. The minimum Gasteiger partial charge on any atom is -0.363 e. The lowest BCUT2D eigenvalue weighted by atomic mass is 10.2. The molecule has 1 aliphatic rings. The standard InChI is InChI=1S/C11H12N6O2/c1-5-11(18)16-8-9(12-5)13-6(2)14-10(8)15-7-3-4-19-17-7/h3-5H,1-2H3,(H,16,18)(H2,12,13,14,15,17). The molecule has 1 unspecified atom stereocenters. The van der Waals surface area contributed by atoms with E-state index in [1.165, 1.54) is 6.26 Å². The van der Waals surface area contributed by atoms with Crippen molar-refractivity contribution in [1.29, 1.82) is 0 Å². The van der Waals surface area contributed by atoms with Gasteiger partial charge in [0.1, 0.15) is 23.8 Å². The highest BCUT2D eigenvalue weighted by atomic mass is 16.5. The van der Waals surface area contributed by atoms with Gasteiger partial charge in [-0.05, 0) is 13.8 Å². The minimum absolute atomic E-state index is 0.136. The molecule has 98 valence electrons. The highest BCUT2D eigenvalue weighted by molar-refractivity contribution is 6.04. The Bertz CT molecular complexity index is 624. The molecule has 3 heterocycles. The van der Waals surface area contributed by atoms with Crippen molar-refractivity contribution in [3.8, 4) is 0 Å². The molecule has 0 aromatic carbocycles. The van der Waals surface area contributed by atoms with E-state index in [1.807, 2.05) is 0 Å². The topological polar surface area (TPSA) is 105 Å². The number of fused-ring (bicyclic) bond motifs is 1.